The van der Waals surface area contributed by atoms with Gasteiger partial charge in [-0.25, -0.2) is 4.98 Å². The van der Waals surface area contributed by atoms with Crippen LogP contribution in [0.15, 0.2) is 35.4 Å². The van der Waals surface area contributed by atoms with Gasteiger partial charge in [0.25, 0.3) is 0 Å². The first-order valence-electron chi connectivity index (χ1n) is 4.67. The van der Waals surface area contributed by atoms with Crippen LogP contribution in [-0.4, -0.2) is 15.8 Å². The number of aryl methyl sites for hydroxylation is 1. The lowest BCUT2D eigenvalue weighted by Crippen LogP contribution is -2.00. The minimum atomic E-state index is 0.536. The highest BCUT2D eigenvalue weighted by atomic mass is 32.2. The Morgan fingerprint density at radius 1 is 1.33 bits per heavy atom. The molecule has 0 saturated heterocycles. The lowest BCUT2D eigenvalue weighted by molar-refractivity contribution is 1.04. The maximum absolute atomic E-state index is 5.84. The lowest BCUT2D eigenvalue weighted by Gasteiger charge is -2.08. The minimum absolute atomic E-state index is 0.536. The molecule has 0 fully saturated rings. The molecule has 0 unspecified atom stereocenters. The van der Waals surface area contributed by atoms with Crippen molar-refractivity contribution in [2.24, 2.45) is 0 Å². The Morgan fingerprint density at radius 2 is 2.07 bits per heavy atom. The largest absolute Gasteiger partial charge is 0.369 e. The molecule has 1 heterocycles. The molecule has 0 amide bonds. The molecule has 0 atom stereocenters. The number of benzene rings is 1. The van der Waals surface area contributed by atoms with Crippen LogP contribution in [0.25, 0.3) is 5.69 Å². The smallest absolute Gasteiger partial charge is 0.205 e. The van der Waals surface area contributed by atoms with Crippen LogP contribution in [0.5, 0.6) is 0 Å². The van der Waals surface area contributed by atoms with Crippen molar-refractivity contribution < 1.29 is 0 Å². The zero-order valence-electron chi connectivity index (χ0n) is 8.77. The number of rotatable bonds is 2. The molecule has 2 rings (SSSR count). The Morgan fingerprint density at radius 3 is 2.67 bits per heavy atom. The first-order chi connectivity index (χ1) is 7.22. The number of para-hydroxylation sites is 1. The van der Waals surface area contributed by atoms with Crippen LogP contribution >= 0.6 is 11.8 Å². The Hall–Kier alpha value is -1.42. The summed E-state index contributed by atoms with van der Waals surface area (Å²) in [6.45, 7) is 1.94. The summed E-state index contributed by atoms with van der Waals surface area (Å²) in [6.07, 6.45) is 4.00. The molecule has 0 aliphatic rings. The fraction of sp³-hybridized carbons (Fsp3) is 0.182. The van der Waals surface area contributed by atoms with Crippen LogP contribution in [0.4, 0.5) is 5.95 Å². The summed E-state index contributed by atoms with van der Waals surface area (Å²) in [4.78, 5) is 5.39. The third-order valence-electron chi connectivity index (χ3n) is 2.20. The summed E-state index contributed by atoms with van der Waals surface area (Å²) in [5.41, 5.74) is 7.86. The molecule has 2 N–H and O–H groups in total. The molecule has 2 aromatic rings. The van der Waals surface area contributed by atoms with Crippen LogP contribution in [0.2, 0.25) is 0 Å². The van der Waals surface area contributed by atoms with Crippen molar-refractivity contribution in [2.75, 3.05) is 12.0 Å². The number of imidazole rings is 1. The predicted molar refractivity (Wildman–Crippen MR) is 64.5 cm³/mol. The topological polar surface area (TPSA) is 43.8 Å². The van der Waals surface area contributed by atoms with Crippen LogP contribution in [-0.2, 0) is 0 Å². The van der Waals surface area contributed by atoms with E-state index in [2.05, 4.69) is 17.3 Å². The summed E-state index contributed by atoms with van der Waals surface area (Å²) in [5.74, 6) is 0.536. The van der Waals surface area contributed by atoms with Gasteiger partial charge in [-0.1, -0.05) is 12.1 Å². The van der Waals surface area contributed by atoms with Gasteiger partial charge in [0.05, 0.1) is 11.4 Å². The molecule has 1 aromatic carbocycles. The van der Waals surface area contributed by atoms with Gasteiger partial charge in [0, 0.05) is 11.1 Å². The number of hydrogen-bond acceptors (Lipinski definition) is 3. The molecular formula is C11H13N3S. The maximum Gasteiger partial charge on any atom is 0.205 e. The van der Waals surface area contributed by atoms with E-state index in [0.717, 1.165) is 11.4 Å². The van der Waals surface area contributed by atoms with Gasteiger partial charge < -0.3 is 5.73 Å². The first-order valence-corrected chi connectivity index (χ1v) is 5.89. The SMILES string of the molecule is CSc1ccccc1-n1cc(C)nc1N. The van der Waals surface area contributed by atoms with E-state index in [1.807, 2.05) is 35.9 Å². The first kappa shape index (κ1) is 10.1. The van der Waals surface area contributed by atoms with Gasteiger partial charge in [0.1, 0.15) is 0 Å². The predicted octanol–water partition coefficient (Wildman–Crippen LogP) is 2.48. The third-order valence-corrected chi connectivity index (χ3v) is 2.98. The number of aromatic nitrogens is 2. The van der Waals surface area contributed by atoms with Gasteiger partial charge in [0.2, 0.25) is 5.95 Å². The van der Waals surface area contributed by atoms with Crippen molar-refractivity contribution in [2.45, 2.75) is 11.8 Å². The Balaban J connectivity index is 2.58. The molecule has 0 radical (unpaired) electrons. The fourth-order valence-corrected chi connectivity index (χ4v) is 2.13. The van der Waals surface area contributed by atoms with Crippen molar-refractivity contribution in [3.8, 4) is 5.69 Å². The highest BCUT2D eigenvalue weighted by Crippen LogP contribution is 2.25. The molecule has 15 heavy (non-hydrogen) atoms. The van der Waals surface area contributed by atoms with Gasteiger partial charge in [-0.2, -0.15) is 0 Å². The van der Waals surface area contributed by atoms with E-state index in [1.54, 1.807) is 11.8 Å². The van der Waals surface area contributed by atoms with E-state index in [9.17, 15) is 0 Å². The number of anilines is 1. The number of nitrogens with zero attached hydrogens (tertiary/aromatic N) is 2. The van der Waals surface area contributed by atoms with Gasteiger partial charge in [0.15, 0.2) is 0 Å². The van der Waals surface area contributed by atoms with E-state index in [0.29, 0.717) is 5.95 Å². The second kappa shape index (κ2) is 3.98. The van der Waals surface area contributed by atoms with Crippen LogP contribution < -0.4 is 5.73 Å². The zero-order valence-corrected chi connectivity index (χ0v) is 9.58. The van der Waals surface area contributed by atoms with Crippen molar-refractivity contribution >= 4 is 17.7 Å². The Labute approximate surface area is 93.3 Å². The van der Waals surface area contributed by atoms with Crippen molar-refractivity contribution in [3.05, 3.63) is 36.2 Å². The summed E-state index contributed by atoms with van der Waals surface area (Å²) in [7, 11) is 0. The molecular weight excluding hydrogens is 206 g/mol. The monoisotopic (exact) mass is 219 g/mol. The van der Waals surface area contributed by atoms with Crippen LogP contribution in [0.3, 0.4) is 0 Å². The van der Waals surface area contributed by atoms with Crippen molar-refractivity contribution in [1.82, 2.24) is 9.55 Å². The normalized spacial score (nSPS) is 10.5. The number of hydrogen-bond donors (Lipinski definition) is 1. The highest BCUT2D eigenvalue weighted by molar-refractivity contribution is 7.98. The van der Waals surface area contributed by atoms with Crippen molar-refractivity contribution in [3.63, 3.8) is 0 Å². The minimum Gasteiger partial charge on any atom is -0.369 e. The zero-order chi connectivity index (χ0) is 10.8. The summed E-state index contributed by atoms with van der Waals surface area (Å²) in [6, 6.07) is 8.15. The maximum atomic E-state index is 5.84. The quantitative estimate of drug-likeness (QED) is 0.789. The Kier molecular flexibility index (Phi) is 2.68. The fourth-order valence-electron chi connectivity index (χ4n) is 1.54. The Bertz CT molecular complexity index is 476. The van der Waals surface area contributed by atoms with Crippen LogP contribution in [0.1, 0.15) is 5.69 Å². The van der Waals surface area contributed by atoms with Gasteiger partial charge >= 0.3 is 0 Å². The average Bonchev–Trinajstić information content (AvgIpc) is 2.57. The molecule has 0 bridgehead atoms. The molecule has 4 heteroatoms. The van der Waals surface area contributed by atoms with Gasteiger partial charge in [-0.15, -0.1) is 11.8 Å². The van der Waals surface area contributed by atoms with E-state index in [-0.39, 0.29) is 0 Å². The standard InChI is InChI=1S/C11H13N3S/c1-8-7-14(11(12)13-8)9-5-3-4-6-10(9)15-2/h3-7H,1-2H3,(H2,12,13). The summed E-state index contributed by atoms with van der Waals surface area (Å²) >= 11 is 1.70. The number of thioether (sulfide) groups is 1. The second-order valence-corrected chi connectivity index (χ2v) is 4.13. The van der Waals surface area contributed by atoms with Crippen molar-refractivity contribution in [1.29, 1.82) is 0 Å². The molecule has 0 aliphatic heterocycles. The lowest BCUT2D eigenvalue weighted by atomic mass is 10.3. The van der Waals surface area contributed by atoms with Crippen LogP contribution in [0, 0.1) is 6.92 Å². The summed E-state index contributed by atoms with van der Waals surface area (Å²) < 4.78 is 1.92. The average molecular weight is 219 g/mol. The highest BCUT2D eigenvalue weighted by Gasteiger charge is 2.07. The van der Waals surface area contributed by atoms with Gasteiger partial charge in [-0.05, 0) is 25.3 Å². The second-order valence-electron chi connectivity index (χ2n) is 3.28. The molecule has 78 valence electrons. The molecule has 3 nitrogen and oxygen atoms in total. The molecule has 0 aliphatic carbocycles. The molecule has 0 spiro atoms. The van der Waals surface area contributed by atoms with E-state index in [4.69, 9.17) is 5.73 Å². The van der Waals surface area contributed by atoms with E-state index >= 15 is 0 Å². The molecule has 0 saturated carbocycles. The third kappa shape index (κ3) is 1.85. The summed E-state index contributed by atoms with van der Waals surface area (Å²) in [5, 5.41) is 0. The molecule has 1 aromatic heterocycles. The number of nitrogen functional groups attached to an aromatic ring is 1. The number of nitrogens with two attached hydrogens (primary N) is 1. The van der Waals surface area contributed by atoms with E-state index in [1.165, 1.54) is 4.90 Å². The van der Waals surface area contributed by atoms with Gasteiger partial charge in [-0.3, -0.25) is 4.57 Å². The van der Waals surface area contributed by atoms with E-state index < -0.39 is 0 Å².